The van der Waals surface area contributed by atoms with Gasteiger partial charge in [0.2, 0.25) is 23.4 Å². The molecule has 2 aromatic heterocycles. The number of carbonyl (C=O) groups excluding carboxylic acids is 1. The van der Waals surface area contributed by atoms with Crippen LogP contribution in [0.25, 0.3) is 11.6 Å². The van der Waals surface area contributed by atoms with Gasteiger partial charge in [0, 0.05) is 31.3 Å². The van der Waals surface area contributed by atoms with Gasteiger partial charge < -0.3 is 9.84 Å². The fourth-order valence-corrected chi connectivity index (χ4v) is 3.20. The van der Waals surface area contributed by atoms with Crippen LogP contribution in [0.2, 0.25) is 0 Å². The third-order valence-corrected chi connectivity index (χ3v) is 4.51. The third kappa shape index (κ3) is 3.77. The molecule has 2 heterocycles. The summed E-state index contributed by atoms with van der Waals surface area (Å²) >= 11 is 0. The SMILES string of the molecule is O=C(CCc1nc(-c2ncccn2)no1)NC1CCc2ccccc2C1. The topological polar surface area (TPSA) is 93.8 Å². The summed E-state index contributed by atoms with van der Waals surface area (Å²) in [7, 11) is 0. The average molecular weight is 349 g/mol. The summed E-state index contributed by atoms with van der Waals surface area (Å²) in [6, 6.07) is 10.3. The van der Waals surface area contributed by atoms with Gasteiger partial charge in [0.15, 0.2) is 0 Å². The number of hydrogen-bond donors (Lipinski definition) is 1. The molecule has 3 aromatic rings. The molecule has 1 amide bonds. The summed E-state index contributed by atoms with van der Waals surface area (Å²) in [5.74, 6) is 1.17. The summed E-state index contributed by atoms with van der Waals surface area (Å²) in [4.78, 5) is 24.6. The number of hydrogen-bond acceptors (Lipinski definition) is 6. The van der Waals surface area contributed by atoms with Gasteiger partial charge in [0.1, 0.15) is 0 Å². The Morgan fingerprint density at radius 1 is 1.12 bits per heavy atom. The van der Waals surface area contributed by atoms with Crippen LogP contribution in [0.5, 0.6) is 0 Å². The van der Waals surface area contributed by atoms with E-state index in [9.17, 15) is 4.79 Å². The van der Waals surface area contributed by atoms with E-state index in [-0.39, 0.29) is 11.9 Å². The van der Waals surface area contributed by atoms with Gasteiger partial charge in [-0.25, -0.2) is 9.97 Å². The number of carbonyl (C=O) groups is 1. The predicted octanol–water partition coefficient (Wildman–Crippen LogP) is 2.13. The molecule has 0 radical (unpaired) electrons. The van der Waals surface area contributed by atoms with Crippen molar-refractivity contribution in [1.29, 1.82) is 0 Å². The van der Waals surface area contributed by atoms with Crippen LogP contribution < -0.4 is 5.32 Å². The minimum absolute atomic E-state index is 0.00472. The summed E-state index contributed by atoms with van der Waals surface area (Å²) < 4.78 is 5.18. The lowest BCUT2D eigenvalue weighted by Gasteiger charge is -2.25. The maximum absolute atomic E-state index is 12.2. The normalized spacial score (nSPS) is 16.1. The summed E-state index contributed by atoms with van der Waals surface area (Å²) in [5.41, 5.74) is 2.72. The van der Waals surface area contributed by atoms with Gasteiger partial charge in [-0.1, -0.05) is 29.4 Å². The minimum Gasteiger partial charge on any atom is -0.353 e. The van der Waals surface area contributed by atoms with Gasteiger partial charge in [0.05, 0.1) is 0 Å². The molecular formula is C19H19N5O2. The fraction of sp³-hybridized carbons (Fsp3) is 0.316. The lowest BCUT2D eigenvalue weighted by molar-refractivity contribution is -0.121. The molecule has 1 aromatic carbocycles. The Bertz CT molecular complexity index is 894. The zero-order valence-electron chi connectivity index (χ0n) is 14.3. The second kappa shape index (κ2) is 7.43. The van der Waals surface area contributed by atoms with Gasteiger partial charge in [-0.05, 0) is 36.5 Å². The van der Waals surface area contributed by atoms with Crippen molar-refractivity contribution in [2.45, 2.75) is 38.1 Å². The Morgan fingerprint density at radius 2 is 1.92 bits per heavy atom. The number of amides is 1. The van der Waals surface area contributed by atoms with E-state index in [1.807, 2.05) is 6.07 Å². The van der Waals surface area contributed by atoms with Crippen molar-refractivity contribution in [2.24, 2.45) is 0 Å². The molecule has 1 aliphatic carbocycles. The standard InChI is InChI=1S/C19H19N5O2/c25-16(22-15-7-6-13-4-1-2-5-14(13)12-15)8-9-17-23-19(24-26-17)18-20-10-3-11-21-18/h1-5,10-11,15H,6-9,12H2,(H,22,25). The van der Waals surface area contributed by atoms with E-state index in [2.05, 4.69) is 43.6 Å². The Labute approximate surface area is 150 Å². The summed E-state index contributed by atoms with van der Waals surface area (Å²) in [6.45, 7) is 0. The van der Waals surface area contributed by atoms with Crippen LogP contribution in [0.4, 0.5) is 0 Å². The van der Waals surface area contributed by atoms with Gasteiger partial charge in [-0.2, -0.15) is 4.98 Å². The number of rotatable bonds is 5. The quantitative estimate of drug-likeness (QED) is 0.758. The lowest BCUT2D eigenvalue weighted by atomic mass is 9.88. The van der Waals surface area contributed by atoms with Gasteiger partial charge >= 0.3 is 0 Å². The van der Waals surface area contributed by atoms with E-state index in [1.54, 1.807) is 18.5 Å². The first-order valence-electron chi connectivity index (χ1n) is 8.74. The van der Waals surface area contributed by atoms with E-state index in [4.69, 9.17) is 4.52 Å². The maximum Gasteiger partial charge on any atom is 0.240 e. The second-order valence-corrected chi connectivity index (χ2v) is 6.36. The van der Waals surface area contributed by atoms with E-state index in [0.717, 1.165) is 19.3 Å². The van der Waals surface area contributed by atoms with Crippen molar-refractivity contribution in [2.75, 3.05) is 0 Å². The molecule has 7 nitrogen and oxygen atoms in total. The molecule has 1 N–H and O–H groups in total. The van der Waals surface area contributed by atoms with Crippen molar-refractivity contribution in [3.8, 4) is 11.6 Å². The molecule has 1 aliphatic rings. The largest absolute Gasteiger partial charge is 0.353 e. The van der Waals surface area contributed by atoms with Gasteiger partial charge in [-0.15, -0.1) is 0 Å². The minimum atomic E-state index is 0.00472. The first-order chi connectivity index (χ1) is 12.8. The number of aromatic nitrogens is 4. The molecule has 0 aliphatic heterocycles. The molecule has 1 unspecified atom stereocenters. The van der Waals surface area contributed by atoms with E-state index >= 15 is 0 Å². The Hall–Kier alpha value is -3.09. The summed E-state index contributed by atoms with van der Waals surface area (Å²) in [6.07, 6.45) is 6.81. The zero-order valence-corrected chi connectivity index (χ0v) is 14.3. The number of fused-ring (bicyclic) bond motifs is 1. The molecule has 0 saturated carbocycles. The monoisotopic (exact) mass is 349 g/mol. The van der Waals surface area contributed by atoms with E-state index in [0.29, 0.717) is 30.4 Å². The number of nitrogens with one attached hydrogen (secondary N) is 1. The molecule has 0 bridgehead atoms. The van der Waals surface area contributed by atoms with E-state index < -0.39 is 0 Å². The maximum atomic E-state index is 12.2. The van der Waals surface area contributed by atoms with Crippen LogP contribution in [0.3, 0.4) is 0 Å². The van der Waals surface area contributed by atoms with Crippen molar-refractivity contribution in [3.05, 3.63) is 59.7 Å². The molecule has 0 fully saturated rings. The number of aryl methyl sites for hydroxylation is 2. The number of benzene rings is 1. The Balaban J connectivity index is 1.29. The highest BCUT2D eigenvalue weighted by Gasteiger charge is 2.20. The van der Waals surface area contributed by atoms with Crippen molar-refractivity contribution in [3.63, 3.8) is 0 Å². The van der Waals surface area contributed by atoms with Crippen LogP contribution in [0.15, 0.2) is 47.2 Å². The zero-order chi connectivity index (χ0) is 17.8. The second-order valence-electron chi connectivity index (χ2n) is 6.36. The predicted molar refractivity (Wildman–Crippen MR) is 94.0 cm³/mol. The van der Waals surface area contributed by atoms with Crippen LogP contribution in [-0.2, 0) is 24.1 Å². The van der Waals surface area contributed by atoms with Crippen LogP contribution in [-0.4, -0.2) is 32.1 Å². The smallest absolute Gasteiger partial charge is 0.240 e. The van der Waals surface area contributed by atoms with Gasteiger partial charge in [0.25, 0.3) is 0 Å². The average Bonchev–Trinajstić information content (AvgIpc) is 3.16. The highest BCUT2D eigenvalue weighted by Crippen LogP contribution is 2.21. The van der Waals surface area contributed by atoms with E-state index in [1.165, 1.54) is 11.1 Å². The molecule has 1 atom stereocenters. The highest BCUT2D eigenvalue weighted by atomic mass is 16.5. The van der Waals surface area contributed by atoms with Crippen LogP contribution in [0, 0.1) is 0 Å². The van der Waals surface area contributed by atoms with Crippen LogP contribution >= 0.6 is 0 Å². The molecule has 7 heteroatoms. The first kappa shape index (κ1) is 16.4. The van der Waals surface area contributed by atoms with Crippen molar-refractivity contribution in [1.82, 2.24) is 25.4 Å². The molecule has 4 rings (SSSR count). The highest BCUT2D eigenvalue weighted by molar-refractivity contribution is 5.76. The first-order valence-corrected chi connectivity index (χ1v) is 8.74. The van der Waals surface area contributed by atoms with Crippen molar-refractivity contribution < 1.29 is 9.32 Å². The third-order valence-electron chi connectivity index (χ3n) is 4.51. The lowest BCUT2D eigenvalue weighted by Crippen LogP contribution is -2.38. The Kier molecular flexibility index (Phi) is 4.68. The Morgan fingerprint density at radius 3 is 2.77 bits per heavy atom. The molecular weight excluding hydrogens is 330 g/mol. The van der Waals surface area contributed by atoms with Gasteiger partial charge in [-0.3, -0.25) is 4.79 Å². The van der Waals surface area contributed by atoms with Crippen LogP contribution in [0.1, 0.15) is 29.9 Å². The molecule has 132 valence electrons. The molecule has 26 heavy (non-hydrogen) atoms. The van der Waals surface area contributed by atoms with Crippen molar-refractivity contribution >= 4 is 5.91 Å². The molecule has 0 spiro atoms. The number of nitrogens with zero attached hydrogens (tertiary/aromatic N) is 4. The fourth-order valence-electron chi connectivity index (χ4n) is 3.20. The molecule has 0 saturated heterocycles. The summed E-state index contributed by atoms with van der Waals surface area (Å²) in [5, 5.41) is 6.98.